The number of rotatable bonds is 4. The van der Waals surface area contributed by atoms with Gasteiger partial charge >= 0.3 is 0 Å². The van der Waals surface area contributed by atoms with E-state index in [2.05, 4.69) is 22.1 Å². The van der Waals surface area contributed by atoms with Gasteiger partial charge in [-0.05, 0) is 19.3 Å². The number of nitrogens with zero attached hydrogens (tertiary/aromatic N) is 2. The van der Waals surface area contributed by atoms with Crippen LogP contribution in [0.1, 0.15) is 69.1 Å². The predicted molar refractivity (Wildman–Crippen MR) is 59.4 cm³/mol. The van der Waals surface area contributed by atoms with Crippen molar-refractivity contribution in [2.24, 2.45) is 5.73 Å². The Labute approximate surface area is 90.7 Å². The first-order chi connectivity index (χ1) is 7.31. The lowest BCUT2D eigenvalue weighted by Crippen LogP contribution is -2.11. The molecule has 3 N–H and O–H groups in total. The molecule has 1 atom stereocenters. The van der Waals surface area contributed by atoms with Crippen molar-refractivity contribution in [1.82, 2.24) is 15.2 Å². The fourth-order valence-electron chi connectivity index (χ4n) is 2.28. The standard InChI is InChI=1S/C11H20N4/c1-2-5-9(12)11-13-10(14-15-11)8-6-3-4-7-8/h8-9H,2-7,12H2,1H3,(H,13,14,15)/t9-/m0/s1. The van der Waals surface area contributed by atoms with E-state index in [1.807, 2.05) is 0 Å². The van der Waals surface area contributed by atoms with Gasteiger partial charge in [0.1, 0.15) is 5.82 Å². The van der Waals surface area contributed by atoms with Gasteiger partial charge in [-0.3, -0.25) is 5.10 Å². The average molecular weight is 208 g/mol. The van der Waals surface area contributed by atoms with Crippen LogP contribution in [0.3, 0.4) is 0 Å². The van der Waals surface area contributed by atoms with Crippen molar-refractivity contribution < 1.29 is 0 Å². The molecule has 2 rings (SSSR count). The lowest BCUT2D eigenvalue weighted by molar-refractivity contribution is 0.602. The van der Waals surface area contributed by atoms with Crippen molar-refractivity contribution in [3.8, 4) is 0 Å². The molecule has 1 heterocycles. The van der Waals surface area contributed by atoms with E-state index >= 15 is 0 Å². The Morgan fingerprint density at radius 3 is 2.87 bits per heavy atom. The van der Waals surface area contributed by atoms with Crippen LogP contribution in [-0.4, -0.2) is 15.2 Å². The molecule has 0 amide bonds. The van der Waals surface area contributed by atoms with E-state index in [4.69, 9.17) is 5.73 Å². The zero-order chi connectivity index (χ0) is 10.7. The Bertz CT molecular complexity index is 301. The highest BCUT2D eigenvalue weighted by atomic mass is 15.2. The van der Waals surface area contributed by atoms with Crippen LogP contribution in [0, 0.1) is 0 Å². The molecule has 4 heteroatoms. The van der Waals surface area contributed by atoms with Crippen LogP contribution in [0.2, 0.25) is 0 Å². The summed E-state index contributed by atoms with van der Waals surface area (Å²) < 4.78 is 0. The van der Waals surface area contributed by atoms with Crippen molar-refractivity contribution in [3.05, 3.63) is 11.6 Å². The first-order valence-corrected chi connectivity index (χ1v) is 5.99. The topological polar surface area (TPSA) is 67.6 Å². The van der Waals surface area contributed by atoms with Gasteiger partial charge in [0, 0.05) is 5.92 Å². The summed E-state index contributed by atoms with van der Waals surface area (Å²) in [5.74, 6) is 2.44. The number of nitrogens with two attached hydrogens (primary N) is 1. The number of hydrogen-bond acceptors (Lipinski definition) is 3. The third kappa shape index (κ3) is 2.37. The molecule has 0 aromatic carbocycles. The fraction of sp³-hybridized carbons (Fsp3) is 0.818. The van der Waals surface area contributed by atoms with Crippen molar-refractivity contribution in [2.75, 3.05) is 0 Å². The Balaban J connectivity index is 2.02. The molecular formula is C11H20N4. The molecule has 1 aliphatic rings. The van der Waals surface area contributed by atoms with Crippen LogP contribution >= 0.6 is 0 Å². The largest absolute Gasteiger partial charge is 0.321 e. The highest BCUT2D eigenvalue weighted by Crippen LogP contribution is 2.32. The molecule has 1 aromatic heterocycles. The number of aromatic amines is 1. The van der Waals surface area contributed by atoms with Gasteiger partial charge in [-0.2, -0.15) is 5.10 Å². The van der Waals surface area contributed by atoms with Gasteiger partial charge in [0.25, 0.3) is 0 Å². The fourth-order valence-corrected chi connectivity index (χ4v) is 2.28. The maximum Gasteiger partial charge on any atom is 0.167 e. The Morgan fingerprint density at radius 2 is 2.20 bits per heavy atom. The molecule has 0 unspecified atom stereocenters. The smallest absolute Gasteiger partial charge is 0.167 e. The first-order valence-electron chi connectivity index (χ1n) is 5.99. The number of H-pyrrole nitrogens is 1. The van der Waals surface area contributed by atoms with Crippen molar-refractivity contribution >= 4 is 0 Å². The van der Waals surface area contributed by atoms with Gasteiger partial charge in [0.15, 0.2) is 5.82 Å². The van der Waals surface area contributed by atoms with E-state index < -0.39 is 0 Å². The summed E-state index contributed by atoms with van der Waals surface area (Å²) >= 11 is 0. The monoisotopic (exact) mass is 208 g/mol. The van der Waals surface area contributed by atoms with E-state index in [0.29, 0.717) is 5.92 Å². The first kappa shape index (κ1) is 10.6. The lowest BCUT2D eigenvalue weighted by atomic mass is 10.1. The predicted octanol–water partition coefficient (Wildman–Crippen LogP) is 2.26. The maximum absolute atomic E-state index is 5.97. The van der Waals surface area contributed by atoms with Gasteiger partial charge in [-0.25, -0.2) is 4.98 Å². The molecule has 1 saturated carbocycles. The SMILES string of the molecule is CCC[C@H](N)c1n[nH]c(C2CCCC2)n1. The zero-order valence-corrected chi connectivity index (χ0v) is 9.37. The Kier molecular flexibility index (Phi) is 3.36. The zero-order valence-electron chi connectivity index (χ0n) is 9.37. The highest BCUT2D eigenvalue weighted by Gasteiger charge is 2.21. The second kappa shape index (κ2) is 4.75. The third-order valence-corrected chi connectivity index (χ3v) is 3.19. The highest BCUT2D eigenvalue weighted by molar-refractivity contribution is 5.02. The molecule has 84 valence electrons. The molecule has 1 fully saturated rings. The number of nitrogens with one attached hydrogen (secondary N) is 1. The average Bonchev–Trinajstić information content (AvgIpc) is 2.89. The normalized spacial score (nSPS) is 19.6. The van der Waals surface area contributed by atoms with E-state index in [1.54, 1.807) is 0 Å². The lowest BCUT2D eigenvalue weighted by Gasteiger charge is -2.04. The van der Waals surface area contributed by atoms with Crippen LogP contribution in [-0.2, 0) is 0 Å². The molecule has 15 heavy (non-hydrogen) atoms. The molecule has 0 saturated heterocycles. The van der Waals surface area contributed by atoms with E-state index in [0.717, 1.165) is 24.5 Å². The van der Waals surface area contributed by atoms with Gasteiger partial charge in [-0.15, -0.1) is 0 Å². The summed E-state index contributed by atoms with van der Waals surface area (Å²) in [5.41, 5.74) is 5.97. The molecular weight excluding hydrogens is 188 g/mol. The third-order valence-electron chi connectivity index (χ3n) is 3.19. The molecule has 0 radical (unpaired) electrons. The number of aromatic nitrogens is 3. The summed E-state index contributed by atoms with van der Waals surface area (Å²) in [6.07, 6.45) is 7.18. The molecule has 0 aliphatic heterocycles. The van der Waals surface area contributed by atoms with Gasteiger partial charge < -0.3 is 5.73 Å². The molecule has 1 aliphatic carbocycles. The molecule has 0 bridgehead atoms. The summed E-state index contributed by atoms with van der Waals surface area (Å²) in [4.78, 5) is 4.52. The van der Waals surface area contributed by atoms with E-state index in [1.165, 1.54) is 25.7 Å². The quantitative estimate of drug-likeness (QED) is 0.797. The van der Waals surface area contributed by atoms with Crippen LogP contribution in [0.4, 0.5) is 0 Å². The van der Waals surface area contributed by atoms with Crippen LogP contribution < -0.4 is 5.73 Å². The summed E-state index contributed by atoms with van der Waals surface area (Å²) in [6, 6.07) is 0.00130. The second-order valence-corrected chi connectivity index (χ2v) is 4.46. The summed E-state index contributed by atoms with van der Waals surface area (Å²) in [5, 5.41) is 7.26. The van der Waals surface area contributed by atoms with Crippen LogP contribution in [0.25, 0.3) is 0 Å². The van der Waals surface area contributed by atoms with Crippen LogP contribution in [0.5, 0.6) is 0 Å². The van der Waals surface area contributed by atoms with Gasteiger partial charge in [0.05, 0.1) is 6.04 Å². The van der Waals surface area contributed by atoms with Crippen molar-refractivity contribution in [3.63, 3.8) is 0 Å². The van der Waals surface area contributed by atoms with Crippen LogP contribution in [0.15, 0.2) is 0 Å². The van der Waals surface area contributed by atoms with Crippen molar-refractivity contribution in [1.29, 1.82) is 0 Å². The minimum Gasteiger partial charge on any atom is -0.321 e. The van der Waals surface area contributed by atoms with Gasteiger partial charge in [-0.1, -0.05) is 26.2 Å². The molecule has 1 aromatic rings. The van der Waals surface area contributed by atoms with Gasteiger partial charge in [0.2, 0.25) is 0 Å². The molecule has 4 nitrogen and oxygen atoms in total. The number of hydrogen-bond donors (Lipinski definition) is 2. The molecule has 0 spiro atoms. The minimum absolute atomic E-state index is 0.00130. The summed E-state index contributed by atoms with van der Waals surface area (Å²) in [6.45, 7) is 2.13. The van der Waals surface area contributed by atoms with Crippen molar-refractivity contribution in [2.45, 2.75) is 57.4 Å². The summed E-state index contributed by atoms with van der Waals surface area (Å²) in [7, 11) is 0. The van der Waals surface area contributed by atoms with E-state index in [9.17, 15) is 0 Å². The second-order valence-electron chi connectivity index (χ2n) is 4.46. The Hall–Kier alpha value is -0.900. The van der Waals surface area contributed by atoms with E-state index in [-0.39, 0.29) is 6.04 Å². The minimum atomic E-state index is 0.00130. The Morgan fingerprint density at radius 1 is 1.47 bits per heavy atom. The maximum atomic E-state index is 5.97.